The van der Waals surface area contributed by atoms with Crippen LogP contribution in [0.4, 0.5) is 0 Å². The van der Waals surface area contributed by atoms with Crippen molar-refractivity contribution in [3.8, 4) is 0 Å². The van der Waals surface area contributed by atoms with E-state index in [9.17, 15) is 9.59 Å². The van der Waals surface area contributed by atoms with Gasteiger partial charge in [0.2, 0.25) is 0 Å². The number of hydrogen-bond acceptors (Lipinski definition) is 5. The molecule has 0 fully saturated rings. The zero-order chi connectivity index (χ0) is 7.98. The number of ether oxygens (including phenoxy) is 2. The Bertz CT molecular complexity index is 125. The van der Waals surface area contributed by atoms with E-state index in [2.05, 4.69) is 9.47 Å². The van der Waals surface area contributed by atoms with Gasteiger partial charge in [0, 0.05) is 6.92 Å². The first-order chi connectivity index (χ1) is 4.66. The lowest BCUT2D eigenvalue weighted by molar-refractivity contribution is -0.149. The zero-order valence-corrected chi connectivity index (χ0v) is 5.57. The lowest BCUT2D eigenvalue weighted by atomic mass is 10.6. The minimum atomic E-state index is -0.860. The zero-order valence-electron chi connectivity index (χ0n) is 5.57. The second-order valence-corrected chi connectivity index (χ2v) is 1.57. The number of nitrogens with two attached hydrogens (primary N) is 1. The summed E-state index contributed by atoms with van der Waals surface area (Å²) < 4.78 is 8.62. The Balaban J connectivity index is 3.29. The SMILES string of the molecule is CC(=O)OCC(N)OC=O. The van der Waals surface area contributed by atoms with Gasteiger partial charge in [-0.25, -0.2) is 0 Å². The molecular weight excluding hydrogens is 138 g/mol. The van der Waals surface area contributed by atoms with Gasteiger partial charge in [-0.05, 0) is 0 Å². The van der Waals surface area contributed by atoms with Crippen molar-refractivity contribution in [3.05, 3.63) is 0 Å². The molecule has 1 atom stereocenters. The van der Waals surface area contributed by atoms with Crippen LogP contribution in [-0.2, 0) is 19.1 Å². The predicted molar refractivity (Wildman–Crippen MR) is 31.8 cm³/mol. The standard InChI is InChI=1S/C5H9NO4/c1-4(8)9-2-5(6)10-3-7/h3,5H,2,6H2,1H3. The second-order valence-electron chi connectivity index (χ2n) is 1.57. The molecule has 0 rings (SSSR count). The Hall–Kier alpha value is -1.10. The molecule has 58 valence electrons. The maximum atomic E-state index is 10.1. The van der Waals surface area contributed by atoms with Crippen LogP contribution in [0, 0.1) is 0 Å². The number of carbonyl (C=O) groups is 2. The molecule has 0 bridgehead atoms. The molecule has 5 nitrogen and oxygen atoms in total. The van der Waals surface area contributed by atoms with Gasteiger partial charge in [-0.3, -0.25) is 15.3 Å². The Morgan fingerprint density at radius 2 is 2.40 bits per heavy atom. The molecule has 0 heterocycles. The molecule has 0 saturated carbocycles. The van der Waals surface area contributed by atoms with E-state index in [1.807, 2.05) is 0 Å². The van der Waals surface area contributed by atoms with E-state index in [-0.39, 0.29) is 13.1 Å². The molecule has 0 aromatic heterocycles. The normalized spacial score (nSPS) is 11.8. The van der Waals surface area contributed by atoms with Crippen LogP contribution in [0.1, 0.15) is 6.92 Å². The summed E-state index contributed by atoms with van der Waals surface area (Å²) >= 11 is 0. The highest BCUT2D eigenvalue weighted by Crippen LogP contribution is 1.82. The summed E-state index contributed by atoms with van der Waals surface area (Å²) in [5.74, 6) is -0.454. The molecule has 1 unspecified atom stereocenters. The molecule has 0 saturated heterocycles. The third-order valence-corrected chi connectivity index (χ3v) is 0.681. The molecule has 0 aliphatic rings. The minimum Gasteiger partial charge on any atom is -0.460 e. The molecular formula is C5H9NO4. The predicted octanol–water partition coefficient (Wildman–Crippen LogP) is -0.993. The van der Waals surface area contributed by atoms with Crippen LogP contribution in [0.3, 0.4) is 0 Å². The van der Waals surface area contributed by atoms with Crippen molar-refractivity contribution in [2.24, 2.45) is 5.73 Å². The molecule has 0 aliphatic heterocycles. The number of carbonyl (C=O) groups excluding carboxylic acids is 2. The number of hydrogen-bond donors (Lipinski definition) is 1. The number of rotatable bonds is 4. The Morgan fingerprint density at radius 1 is 1.80 bits per heavy atom. The maximum Gasteiger partial charge on any atom is 0.302 e. The second kappa shape index (κ2) is 4.75. The third kappa shape index (κ3) is 5.04. The molecule has 2 N–H and O–H groups in total. The summed E-state index contributed by atoms with van der Waals surface area (Å²) in [6, 6.07) is 0. The average Bonchev–Trinajstić information content (AvgIpc) is 1.85. The van der Waals surface area contributed by atoms with Gasteiger partial charge in [0.15, 0.2) is 6.23 Å². The fraction of sp³-hybridized carbons (Fsp3) is 0.600. The van der Waals surface area contributed by atoms with E-state index in [1.54, 1.807) is 0 Å². The van der Waals surface area contributed by atoms with Crippen molar-refractivity contribution in [1.82, 2.24) is 0 Å². The fourth-order valence-electron chi connectivity index (χ4n) is 0.310. The average molecular weight is 147 g/mol. The van der Waals surface area contributed by atoms with Crippen LogP contribution in [0.5, 0.6) is 0 Å². The van der Waals surface area contributed by atoms with Crippen LogP contribution < -0.4 is 5.73 Å². The highest BCUT2D eigenvalue weighted by Gasteiger charge is 2.02. The van der Waals surface area contributed by atoms with Gasteiger partial charge in [0.25, 0.3) is 6.47 Å². The van der Waals surface area contributed by atoms with Gasteiger partial charge in [-0.1, -0.05) is 0 Å². The summed E-state index contributed by atoms with van der Waals surface area (Å²) in [5, 5.41) is 0. The molecule has 0 radical (unpaired) electrons. The van der Waals surface area contributed by atoms with E-state index in [0.29, 0.717) is 0 Å². The summed E-state index contributed by atoms with van der Waals surface area (Å²) in [7, 11) is 0. The lowest BCUT2D eigenvalue weighted by Crippen LogP contribution is -2.29. The number of esters is 1. The maximum absolute atomic E-state index is 10.1. The van der Waals surface area contributed by atoms with Gasteiger partial charge in [-0.2, -0.15) is 0 Å². The van der Waals surface area contributed by atoms with Crippen LogP contribution in [0.2, 0.25) is 0 Å². The van der Waals surface area contributed by atoms with Crippen LogP contribution in [0.25, 0.3) is 0 Å². The van der Waals surface area contributed by atoms with Crippen molar-refractivity contribution in [1.29, 1.82) is 0 Å². The minimum absolute atomic E-state index is 0.103. The van der Waals surface area contributed by atoms with Crippen molar-refractivity contribution in [2.45, 2.75) is 13.2 Å². The highest BCUT2D eigenvalue weighted by molar-refractivity contribution is 5.65. The Morgan fingerprint density at radius 3 is 2.80 bits per heavy atom. The van der Waals surface area contributed by atoms with Crippen molar-refractivity contribution in [3.63, 3.8) is 0 Å². The first kappa shape index (κ1) is 8.90. The van der Waals surface area contributed by atoms with E-state index in [4.69, 9.17) is 5.73 Å². The van der Waals surface area contributed by atoms with Crippen LogP contribution in [0.15, 0.2) is 0 Å². The van der Waals surface area contributed by atoms with Crippen LogP contribution >= 0.6 is 0 Å². The van der Waals surface area contributed by atoms with E-state index >= 15 is 0 Å². The topological polar surface area (TPSA) is 78.6 Å². The van der Waals surface area contributed by atoms with Crippen molar-refractivity contribution < 1.29 is 19.1 Å². The smallest absolute Gasteiger partial charge is 0.302 e. The molecule has 0 aromatic carbocycles. The van der Waals surface area contributed by atoms with E-state index in [1.165, 1.54) is 6.92 Å². The Kier molecular flexibility index (Phi) is 4.23. The summed E-state index contributed by atoms with van der Waals surface area (Å²) in [6.07, 6.45) is -0.860. The quantitative estimate of drug-likeness (QED) is 0.313. The first-order valence-electron chi connectivity index (χ1n) is 2.65. The monoisotopic (exact) mass is 147 g/mol. The van der Waals surface area contributed by atoms with E-state index in [0.717, 1.165) is 0 Å². The van der Waals surface area contributed by atoms with E-state index < -0.39 is 12.2 Å². The lowest BCUT2D eigenvalue weighted by Gasteiger charge is -2.07. The first-order valence-corrected chi connectivity index (χ1v) is 2.65. The van der Waals surface area contributed by atoms with Gasteiger partial charge < -0.3 is 9.47 Å². The molecule has 0 spiro atoms. The molecule has 10 heavy (non-hydrogen) atoms. The summed E-state index contributed by atoms with van der Waals surface area (Å²) in [4.78, 5) is 19.7. The molecule has 0 aliphatic carbocycles. The van der Waals surface area contributed by atoms with Crippen LogP contribution in [-0.4, -0.2) is 25.3 Å². The summed E-state index contributed by atoms with van der Waals surface area (Å²) in [5.41, 5.74) is 5.10. The van der Waals surface area contributed by atoms with Gasteiger partial charge >= 0.3 is 5.97 Å². The summed E-state index contributed by atoms with van der Waals surface area (Å²) in [6.45, 7) is 1.34. The fourth-order valence-corrected chi connectivity index (χ4v) is 0.310. The van der Waals surface area contributed by atoms with Crippen molar-refractivity contribution >= 4 is 12.4 Å². The van der Waals surface area contributed by atoms with Gasteiger partial charge in [0.05, 0.1) is 0 Å². The van der Waals surface area contributed by atoms with Gasteiger partial charge in [-0.15, -0.1) is 0 Å². The molecule has 0 amide bonds. The van der Waals surface area contributed by atoms with Crippen molar-refractivity contribution in [2.75, 3.05) is 6.61 Å². The highest BCUT2D eigenvalue weighted by atomic mass is 16.6. The largest absolute Gasteiger partial charge is 0.460 e. The third-order valence-electron chi connectivity index (χ3n) is 0.681. The van der Waals surface area contributed by atoms with Gasteiger partial charge in [0.1, 0.15) is 6.61 Å². The molecule has 0 aromatic rings. The Labute approximate surface area is 58.1 Å². The molecule has 5 heteroatoms.